The van der Waals surface area contributed by atoms with E-state index in [9.17, 15) is 0 Å². The molecule has 0 spiro atoms. The number of benzene rings is 1. The van der Waals surface area contributed by atoms with E-state index in [2.05, 4.69) is 27.0 Å². The average Bonchev–Trinajstić information content (AvgIpc) is 2.18. The van der Waals surface area contributed by atoms with Crippen LogP contribution in [0.5, 0.6) is 0 Å². The Morgan fingerprint density at radius 1 is 1.43 bits per heavy atom. The number of rotatable bonds is 0. The summed E-state index contributed by atoms with van der Waals surface area (Å²) in [5.74, 6) is 0. The monoisotopic (exact) mass is 246 g/mol. The molecule has 2 nitrogen and oxygen atoms in total. The van der Waals surface area contributed by atoms with Gasteiger partial charge < -0.3 is 0 Å². The van der Waals surface area contributed by atoms with Crippen LogP contribution in [0.25, 0.3) is 10.8 Å². The first-order valence-corrected chi connectivity index (χ1v) is 4.97. The van der Waals surface area contributed by atoms with Crippen LogP contribution < -0.4 is 0 Å². The van der Waals surface area contributed by atoms with Crippen LogP contribution in [-0.4, -0.2) is 4.98 Å². The minimum Gasteiger partial charge on any atom is -0.244 e. The van der Waals surface area contributed by atoms with Gasteiger partial charge in [-0.25, -0.2) is 4.98 Å². The molecule has 0 amide bonds. The Bertz CT molecular complexity index is 532. The SMILES string of the molecule is Cc1cccc2c(C#N)ncc(Br)c12. The van der Waals surface area contributed by atoms with Crippen LogP contribution in [0.2, 0.25) is 0 Å². The van der Waals surface area contributed by atoms with Gasteiger partial charge in [0.25, 0.3) is 0 Å². The fraction of sp³-hybridized carbons (Fsp3) is 0.0909. The van der Waals surface area contributed by atoms with E-state index < -0.39 is 0 Å². The van der Waals surface area contributed by atoms with E-state index >= 15 is 0 Å². The van der Waals surface area contributed by atoms with E-state index in [4.69, 9.17) is 5.26 Å². The minimum atomic E-state index is 0.479. The van der Waals surface area contributed by atoms with Gasteiger partial charge in [-0.05, 0) is 28.4 Å². The van der Waals surface area contributed by atoms with Gasteiger partial charge in [0.2, 0.25) is 0 Å². The van der Waals surface area contributed by atoms with E-state index in [1.807, 2.05) is 25.1 Å². The van der Waals surface area contributed by atoms with Gasteiger partial charge >= 0.3 is 0 Å². The van der Waals surface area contributed by atoms with Crippen LogP contribution >= 0.6 is 15.9 Å². The maximum absolute atomic E-state index is 8.89. The van der Waals surface area contributed by atoms with Crippen molar-refractivity contribution in [3.05, 3.63) is 40.1 Å². The second-order valence-corrected chi connectivity index (χ2v) is 3.92. The molecule has 0 atom stereocenters. The summed E-state index contributed by atoms with van der Waals surface area (Å²) in [6.07, 6.45) is 1.67. The van der Waals surface area contributed by atoms with Crippen LogP contribution in [-0.2, 0) is 0 Å². The molecule has 68 valence electrons. The molecule has 0 fully saturated rings. The maximum Gasteiger partial charge on any atom is 0.148 e. The zero-order valence-corrected chi connectivity index (χ0v) is 9.17. The molecule has 0 unspecified atom stereocenters. The highest BCUT2D eigenvalue weighted by molar-refractivity contribution is 9.10. The van der Waals surface area contributed by atoms with E-state index in [-0.39, 0.29) is 0 Å². The number of halogens is 1. The number of pyridine rings is 1. The van der Waals surface area contributed by atoms with Crippen molar-refractivity contribution in [3.8, 4) is 6.07 Å². The lowest BCUT2D eigenvalue weighted by atomic mass is 10.1. The standard InChI is InChI=1S/C11H7BrN2/c1-7-3-2-4-8-10(5-13)14-6-9(12)11(7)8/h2-4,6H,1H3. The lowest BCUT2D eigenvalue weighted by Gasteiger charge is -2.04. The van der Waals surface area contributed by atoms with Crippen molar-refractivity contribution in [3.63, 3.8) is 0 Å². The van der Waals surface area contributed by atoms with E-state index in [1.165, 1.54) is 0 Å². The molecule has 1 heterocycles. The van der Waals surface area contributed by atoms with Gasteiger partial charge in [0.05, 0.1) is 0 Å². The summed E-state index contributed by atoms with van der Waals surface area (Å²) in [4.78, 5) is 4.06. The topological polar surface area (TPSA) is 36.7 Å². The van der Waals surface area contributed by atoms with Crippen LogP contribution in [0.1, 0.15) is 11.3 Å². The highest BCUT2D eigenvalue weighted by Crippen LogP contribution is 2.27. The Morgan fingerprint density at radius 2 is 2.21 bits per heavy atom. The van der Waals surface area contributed by atoms with Crippen molar-refractivity contribution in [2.45, 2.75) is 6.92 Å². The van der Waals surface area contributed by atoms with E-state index in [1.54, 1.807) is 6.20 Å². The largest absolute Gasteiger partial charge is 0.244 e. The van der Waals surface area contributed by atoms with Gasteiger partial charge in [0.1, 0.15) is 11.8 Å². The fourth-order valence-electron chi connectivity index (χ4n) is 1.53. The second kappa shape index (κ2) is 3.39. The van der Waals surface area contributed by atoms with Gasteiger partial charge in [0, 0.05) is 21.4 Å². The highest BCUT2D eigenvalue weighted by Gasteiger charge is 2.06. The molecule has 0 aliphatic rings. The first kappa shape index (κ1) is 9.17. The lowest BCUT2D eigenvalue weighted by molar-refractivity contribution is 1.28. The highest BCUT2D eigenvalue weighted by atomic mass is 79.9. The average molecular weight is 247 g/mol. The van der Waals surface area contributed by atoms with Crippen LogP contribution in [0.4, 0.5) is 0 Å². The summed E-state index contributed by atoms with van der Waals surface area (Å²) >= 11 is 3.44. The molecule has 0 saturated carbocycles. The molecule has 0 aliphatic heterocycles. The van der Waals surface area contributed by atoms with Gasteiger partial charge in [-0.15, -0.1) is 0 Å². The molecule has 0 radical (unpaired) electrons. The summed E-state index contributed by atoms with van der Waals surface area (Å²) in [6.45, 7) is 2.02. The third-order valence-corrected chi connectivity index (χ3v) is 2.78. The first-order chi connectivity index (χ1) is 6.74. The molecule has 0 bridgehead atoms. The van der Waals surface area contributed by atoms with Gasteiger partial charge in [-0.2, -0.15) is 5.26 Å². The predicted molar refractivity (Wildman–Crippen MR) is 58.9 cm³/mol. The molecule has 14 heavy (non-hydrogen) atoms. The summed E-state index contributed by atoms with van der Waals surface area (Å²) in [5.41, 5.74) is 1.63. The van der Waals surface area contributed by atoms with Crippen molar-refractivity contribution in [2.24, 2.45) is 0 Å². The number of fused-ring (bicyclic) bond motifs is 1. The molecule has 3 heteroatoms. The summed E-state index contributed by atoms with van der Waals surface area (Å²) < 4.78 is 0.935. The van der Waals surface area contributed by atoms with Gasteiger partial charge in [-0.3, -0.25) is 0 Å². The molecule has 2 aromatic rings. The molecular weight excluding hydrogens is 240 g/mol. The van der Waals surface area contributed by atoms with E-state index in [0.29, 0.717) is 5.69 Å². The van der Waals surface area contributed by atoms with Gasteiger partial charge in [-0.1, -0.05) is 18.2 Å². The van der Waals surface area contributed by atoms with E-state index in [0.717, 1.165) is 20.8 Å². The molecule has 1 aromatic carbocycles. The van der Waals surface area contributed by atoms with Crippen molar-refractivity contribution >= 4 is 26.7 Å². The molecule has 2 rings (SSSR count). The lowest BCUT2D eigenvalue weighted by Crippen LogP contribution is -1.88. The third kappa shape index (κ3) is 1.28. The van der Waals surface area contributed by atoms with Crippen molar-refractivity contribution < 1.29 is 0 Å². The smallest absolute Gasteiger partial charge is 0.148 e. The normalized spacial score (nSPS) is 10.1. The predicted octanol–water partition coefficient (Wildman–Crippen LogP) is 3.18. The summed E-state index contributed by atoms with van der Waals surface area (Å²) in [6, 6.07) is 7.97. The minimum absolute atomic E-state index is 0.479. The zero-order valence-electron chi connectivity index (χ0n) is 7.58. The number of hydrogen-bond donors (Lipinski definition) is 0. The number of aryl methyl sites for hydroxylation is 1. The first-order valence-electron chi connectivity index (χ1n) is 4.18. The Hall–Kier alpha value is -1.40. The van der Waals surface area contributed by atoms with Crippen molar-refractivity contribution in [1.29, 1.82) is 5.26 Å². The quantitative estimate of drug-likeness (QED) is 0.716. The Morgan fingerprint density at radius 3 is 2.93 bits per heavy atom. The van der Waals surface area contributed by atoms with Crippen LogP contribution in [0.3, 0.4) is 0 Å². The molecule has 0 saturated heterocycles. The molecular formula is C11H7BrN2. The zero-order chi connectivity index (χ0) is 10.1. The Kier molecular flexibility index (Phi) is 2.22. The van der Waals surface area contributed by atoms with Gasteiger partial charge in [0.15, 0.2) is 0 Å². The molecule has 0 aliphatic carbocycles. The summed E-state index contributed by atoms with van der Waals surface area (Å²) in [5, 5.41) is 10.9. The fourth-order valence-corrected chi connectivity index (χ4v) is 2.16. The van der Waals surface area contributed by atoms with Crippen LogP contribution in [0.15, 0.2) is 28.9 Å². The second-order valence-electron chi connectivity index (χ2n) is 3.06. The maximum atomic E-state index is 8.89. The van der Waals surface area contributed by atoms with Crippen molar-refractivity contribution in [2.75, 3.05) is 0 Å². The number of nitriles is 1. The van der Waals surface area contributed by atoms with Crippen LogP contribution in [0, 0.1) is 18.3 Å². The van der Waals surface area contributed by atoms with Crippen molar-refractivity contribution in [1.82, 2.24) is 4.98 Å². The third-order valence-electron chi connectivity index (χ3n) is 2.18. The number of nitrogens with zero attached hydrogens (tertiary/aromatic N) is 2. The Balaban J connectivity index is 3.00. The molecule has 0 N–H and O–H groups in total. The number of aromatic nitrogens is 1. The molecule has 1 aromatic heterocycles. The number of hydrogen-bond acceptors (Lipinski definition) is 2. The Labute approximate surface area is 90.3 Å². The summed E-state index contributed by atoms with van der Waals surface area (Å²) in [7, 11) is 0.